The number of hydrogen-bond donors (Lipinski definition) is 0. The number of halogens is 3. The van der Waals surface area contributed by atoms with Crippen LogP contribution in [0, 0.1) is 5.92 Å². The first-order valence-corrected chi connectivity index (χ1v) is 8.41. The lowest BCUT2D eigenvalue weighted by Crippen LogP contribution is -2.47. The predicted molar refractivity (Wildman–Crippen MR) is 90.2 cm³/mol. The van der Waals surface area contributed by atoms with Crippen LogP contribution in [0.25, 0.3) is 16.5 Å². The Morgan fingerprint density at radius 2 is 1.86 bits per heavy atom. The highest BCUT2D eigenvalue weighted by molar-refractivity contribution is 5.94. The van der Waals surface area contributed by atoms with E-state index in [2.05, 4.69) is 0 Å². The zero-order valence-electron chi connectivity index (χ0n) is 14.5. The van der Waals surface area contributed by atoms with Crippen molar-refractivity contribution >= 4 is 28.5 Å². The Morgan fingerprint density at radius 1 is 1.11 bits per heavy atom. The van der Waals surface area contributed by atoms with Gasteiger partial charge in [-0.15, -0.1) is 0 Å². The molecule has 2 aromatic rings. The van der Waals surface area contributed by atoms with Crippen molar-refractivity contribution in [1.29, 1.82) is 0 Å². The Hall–Kier alpha value is -3.07. The van der Waals surface area contributed by atoms with Gasteiger partial charge in [-0.1, -0.05) is 24.1 Å². The monoisotopic (exact) mass is 393 g/mol. The maximum atomic E-state index is 13.3. The van der Waals surface area contributed by atoms with Gasteiger partial charge in [0.1, 0.15) is 5.58 Å². The van der Waals surface area contributed by atoms with E-state index in [9.17, 15) is 22.8 Å². The number of benzene rings is 1. The lowest BCUT2D eigenvalue weighted by atomic mass is 9.88. The molecular weight excluding hydrogens is 379 g/mol. The summed E-state index contributed by atoms with van der Waals surface area (Å²) in [6.45, 7) is 1.82. The highest BCUT2D eigenvalue weighted by Gasteiger charge is 2.39. The van der Waals surface area contributed by atoms with Gasteiger partial charge in [0.05, 0.1) is 18.4 Å². The van der Waals surface area contributed by atoms with Crippen LogP contribution in [-0.4, -0.2) is 29.8 Å². The molecule has 0 saturated heterocycles. The van der Waals surface area contributed by atoms with Crippen molar-refractivity contribution in [3.05, 3.63) is 53.8 Å². The molecule has 9 heteroatoms. The molecule has 6 nitrogen and oxygen atoms in total. The summed E-state index contributed by atoms with van der Waals surface area (Å²) in [4.78, 5) is 28.7. The largest absolute Gasteiger partial charge is 0.464 e. The molecule has 3 heterocycles. The molecule has 0 aliphatic carbocycles. The third-order valence-electron chi connectivity index (χ3n) is 4.73. The summed E-state index contributed by atoms with van der Waals surface area (Å²) in [7, 11) is 0. The second kappa shape index (κ2) is 6.52. The molecule has 28 heavy (non-hydrogen) atoms. The number of hydroxylamine groups is 2. The van der Waals surface area contributed by atoms with E-state index in [1.54, 1.807) is 13.0 Å². The van der Waals surface area contributed by atoms with Gasteiger partial charge in [0.15, 0.2) is 6.23 Å². The third-order valence-corrected chi connectivity index (χ3v) is 4.73. The van der Waals surface area contributed by atoms with Crippen molar-refractivity contribution in [2.45, 2.75) is 19.3 Å². The average molecular weight is 393 g/mol. The molecule has 0 radical (unpaired) electrons. The van der Waals surface area contributed by atoms with Gasteiger partial charge >= 0.3 is 18.1 Å². The number of furan rings is 1. The minimum absolute atomic E-state index is 0.0513. The molecule has 0 N–H and O–H groups in total. The van der Waals surface area contributed by atoms with E-state index >= 15 is 0 Å². The summed E-state index contributed by atoms with van der Waals surface area (Å²) in [5.74, 6) is -1.92. The van der Waals surface area contributed by atoms with Gasteiger partial charge in [-0.25, -0.2) is 9.59 Å². The number of fused-ring (bicyclic) bond motifs is 2. The highest BCUT2D eigenvalue weighted by atomic mass is 19.4. The average Bonchev–Trinajstić information content (AvgIpc) is 3.10. The number of hydrogen-bond acceptors (Lipinski definition) is 6. The van der Waals surface area contributed by atoms with Crippen molar-refractivity contribution in [2.75, 3.05) is 6.54 Å². The smallest absolute Gasteiger partial charge is 0.417 e. The molecule has 2 atom stereocenters. The van der Waals surface area contributed by atoms with Crippen molar-refractivity contribution < 1.29 is 36.8 Å². The molecule has 2 aliphatic heterocycles. The van der Waals surface area contributed by atoms with Crippen LogP contribution in [0.15, 0.2) is 47.1 Å². The van der Waals surface area contributed by atoms with Gasteiger partial charge in [0, 0.05) is 29.0 Å². The number of carbonyl (C=O) groups is 2. The molecule has 0 amide bonds. The first-order chi connectivity index (χ1) is 13.3. The molecular formula is C19H14F3NO5. The molecule has 2 unspecified atom stereocenters. The standard InChI is InChI=1S/C19H14F3NO5/c1-10-11(6-8-23-18(10)27-15(24)4-5-16(25)28-23)12-2-3-14(19(20,21)22)13-7-9-26-17(12)13/h2-7,9-10,18H,8H2,1H3/b5-4+. The van der Waals surface area contributed by atoms with Gasteiger partial charge in [-0.3, -0.25) is 0 Å². The van der Waals surface area contributed by atoms with Crippen molar-refractivity contribution in [2.24, 2.45) is 5.92 Å². The van der Waals surface area contributed by atoms with Crippen LogP contribution in [-0.2, 0) is 25.3 Å². The summed E-state index contributed by atoms with van der Waals surface area (Å²) in [5, 5.41) is 1.17. The van der Waals surface area contributed by atoms with E-state index in [4.69, 9.17) is 14.0 Å². The van der Waals surface area contributed by atoms with Gasteiger partial charge in [-0.05, 0) is 17.7 Å². The number of ether oxygens (including phenoxy) is 1. The first kappa shape index (κ1) is 18.3. The summed E-state index contributed by atoms with van der Waals surface area (Å²) in [5.41, 5.74) is 0.390. The number of carbonyl (C=O) groups excluding carboxylic acids is 2. The Bertz CT molecular complexity index is 1020. The minimum Gasteiger partial charge on any atom is -0.464 e. The summed E-state index contributed by atoms with van der Waals surface area (Å²) in [6, 6.07) is 3.60. The molecule has 0 spiro atoms. The number of nitrogens with zero attached hydrogens (tertiary/aromatic N) is 1. The van der Waals surface area contributed by atoms with Crippen LogP contribution in [0.4, 0.5) is 13.2 Å². The normalized spacial score (nSPS) is 24.6. The van der Waals surface area contributed by atoms with E-state index in [1.807, 2.05) is 0 Å². The van der Waals surface area contributed by atoms with E-state index in [0.29, 0.717) is 11.1 Å². The number of rotatable bonds is 1. The Kier molecular flexibility index (Phi) is 4.26. The topological polar surface area (TPSA) is 69.0 Å². The zero-order valence-corrected chi connectivity index (χ0v) is 14.5. The van der Waals surface area contributed by atoms with Crippen LogP contribution < -0.4 is 0 Å². The van der Waals surface area contributed by atoms with E-state index < -0.39 is 35.8 Å². The Morgan fingerprint density at radius 3 is 2.61 bits per heavy atom. The maximum Gasteiger partial charge on any atom is 0.417 e. The molecule has 1 aromatic carbocycles. The molecule has 1 aromatic heterocycles. The second-order valence-electron chi connectivity index (χ2n) is 6.44. The fourth-order valence-corrected chi connectivity index (χ4v) is 3.46. The van der Waals surface area contributed by atoms with E-state index in [0.717, 1.165) is 18.2 Å². The summed E-state index contributed by atoms with van der Waals surface area (Å²) in [6.07, 6.45) is -0.601. The number of esters is 1. The molecule has 0 bridgehead atoms. The van der Waals surface area contributed by atoms with Crippen LogP contribution in [0.1, 0.15) is 18.1 Å². The van der Waals surface area contributed by atoms with Crippen LogP contribution in [0.2, 0.25) is 0 Å². The predicted octanol–water partition coefficient (Wildman–Crippen LogP) is 3.68. The molecule has 4 rings (SSSR count). The van der Waals surface area contributed by atoms with Gasteiger partial charge in [-0.2, -0.15) is 13.2 Å². The van der Waals surface area contributed by atoms with Gasteiger partial charge < -0.3 is 14.0 Å². The van der Waals surface area contributed by atoms with Crippen molar-refractivity contribution in [3.63, 3.8) is 0 Å². The maximum absolute atomic E-state index is 13.3. The van der Waals surface area contributed by atoms with Gasteiger partial charge in [0.25, 0.3) is 0 Å². The van der Waals surface area contributed by atoms with Crippen LogP contribution in [0.3, 0.4) is 0 Å². The van der Waals surface area contributed by atoms with E-state index in [1.165, 1.54) is 23.5 Å². The van der Waals surface area contributed by atoms with Gasteiger partial charge in [0.2, 0.25) is 0 Å². The summed E-state index contributed by atoms with van der Waals surface area (Å²) >= 11 is 0. The molecule has 2 aliphatic rings. The van der Waals surface area contributed by atoms with Crippen LogP contribution >= 0.6 is 0 Å². The lowest BCUT2D eigenvalue weighted by Gasteiger charge is -2.37. The molecule has 146 valence electrons. The Balaban J connectivity index is 1.77. The highest BCUT2D eigenvalue weighted by Crippen LogP contribution is 2.41. The minimum atomic E-state index is -4.51. The second-order valence-corrected chi connectivity index (χ2v) is 6.44. The fourth-order valence-electron chi connectivity index (χ4n) is 3.46. The molecule has 0 fully saturated rings. The van der Waals surface area contributed by atoms with Crippen LogP contribution in [0.5, 0.6) is 0 Å². The Labute approximate surface area is 156 Å². The van der Waals surface area contributed by atoms with E-state index in [-0.39, 0.29) is 17.5 Å². The fraction of sp³-hybridized carbons (Fsp3) is 0.263. The summed E-state index contributed by atoms with van der Waals surface area (Å²) < 4.78 is 50.5. The third kappa shape index (κ3) is 3.07. The zero-order chi connectivity index (χ0) is 20.1. The number of alkyl halides is 3. The van der Waals surface area contributed by atoms with Crippen molar-refractivity contribution in [3.8, 4) is 0 Å². The quantitative estimate of drug-likeness (QED) is 0.689. The SMILES string of the molecule is CC1C(c2ccc(C(F)(F)F)c3ccoc23)=CCN2OC(=O)/C=C/C(=O)OC12. The lowest BCUT2D eigenvalue weighted by molar-refractivity contribution is -0.242. The molecule has 0 saturated carbocycles. The van der Waals surface area contributed by atoms with Crippen molar-refractivity contribution in [1.82, 2.24) is 5.06 Å². The first-order valence-electron chi connectivity index (χ1n) is 8.41.